The number of benzene rings is 6. The summed E-state index contributed by atoms with van der Waals surface area (Å²) in [5.74, 6) is 0. The van der Waals surface area contributed by atoms with Crippen molar-refractivity contribution in [3.8, 4) is 0 Å². The smallest absolute Gasteiger partial charge is 0.0540 e. The lowest BCUT2D eigenvalue weighted by Gasteiger charge is -2.30. The van der Waals surface area contributed by atoms with Gasteiger partial charge in [0.05, 0.1) is 11.4 Å². The van der Waals surface area contributed by atoms with Crippen molar-refractivity contribution < 1.29 is 0 Å². The summed E-state index contributed by atoms with van der Waals surface area (Å²) in [6.45, 7) is 0. The zero-order chi connectivity index (χ0) is 27.0. The highest BCUT2D eigenvalue weighted by Crippen LogP contribution is 2.40. The highest BCUT2D eigenvalue weighted by Gasteiger charge is 2.19. The molecule has 0 heterocycles. The fraction of sp³-hybridized carbons (Fsp3) is 0. The molecule has 6 rings (SSSR count). The van der Waals surface area contributed by atoms with Gasteiger partial charge in [-0.2, -0.15) is 0 Å². The Morgan fingerprint density at radius 1 is 0.375 bits per heavy atom. The lowest BCUT2D eigenvalue weighted by Crippen LogP contribution is -2.16. The minimum Gasteiger partial charge on any atom is -0.310 e. The molecule has 0 amide bonds. The van der Waals surface area contributed by atoms with Crippen molar-refractivity contribution in [3.63, 3.8) is 0 Å². The van der Waals surface area contributed by atoms with E-state index in [4.69, 9.17) is 0 Å². The van der Waals surface area contributed by atoms with Crippen LogP contribution >= 0.6 is 0 Å². The average molecular weight is 515 g/mol. The first-order valence-corrected chi connectivity index (χ1v) is 13.5. The molecule has 0 fully saturated rings. The van der Waals surface area contributed by atoms with Crippen LogP contribution in [0.5, 0.6) is 0 Å². The number of anilines is 5. The van der Waals surface area contributed by atoms with E-state index in [1.54, 1.807) is 0 Å². The molecule has 0 saturated heterocycles. The van der Waals surface area contributed by atoms with Gasteiger partial charge in [0.2, 0.25) is 0 Å². The molecule has 0 saturated carbocycles. The first kappa shape index (κ1) is 25.0. The standard InChI is InChI=1S/C38H30N2/c1-6-18-31(19-7-1)38(40(35-25-12-4-13-26-35)36-27-14-5-15-28-36)30-32-20-16-17-29-37(32)39(33-21-8-2-9-22-33)34-23-10-3-11-24-34/h1-30H. The van der Waals surface area contributed by atoms with Crippen molar-refractivity contribution in [1.82, 2.24) is 0 Å². The molecule has 0 aliphatic rings. The quantitative estimate of drug-likeness (QED) is 0.186. The second-order valence-corrected chi connectivity index (χ2v) is 9.47. The van der Waals surface area contributed by atoms with Gasteiger partial charge in [-0.15, -0.1) is 0 Å². The second kappa shape index (κ2) is 12.0. The van der Waals surface area contributed by atoms with Gasteiger partial charge in [-0.1, -0.05) is 121 Å². The van der Waals surface area contributed by atoms with E-state index in [0.29, 0.717) is 0 Å². The fourth-order valence-corrected chi connectivity index (χ4v) is 5.01. The van der Waals surface area contributed by atoms with E-state index in [1.807, 2.05) is 0 Å². The van der Waals surface area contributed by atoms with Crippen molar-refractivity contribution >= 4 is 40.2 Å². The lowest BCUT2D eigenvalue weighted by molar-refractivity contribution is 1.27. The van der Waals surface area contributed by atoms with E-state index in [1.165, 1.54) is 0 Å². The van der Waals surface area contributed by atoms with E-state index >= 15 is 0 Å². The van der Waals surface area contributed by atoms with E-state index in [0.717, 1.165) is 45.3 Å². The summed E-state index contributed by atoms with van der Waals surface area (Å²) in [4.78, 5) is 4.66. The number of para-hydroxylation sites is 5. The molecule has 192 valence electrons. The first-order chi connectivity index (χ1) is 19.9. The summed E-state index contributed by atoms with van der Waals surface area (Å²) in [5, 5.41) is 0. The highest BCUT2D eigenvalue weighted by molar-refractivity contribution is 5.98. The Balaban J connectivity index is 1.59. The summed E-state index contributed by atoms with van der Waals surface area (Å²) >= 11 is 0. The maximum absolute atomic E-state index is 2.33. The molecule has 0 bridgehead atoms. The van der Waals surface area contributed by atoms with Crippen LogP contribution in [-0.2, 0) is 0 Å². The van der Waals surface area contributed by atoms with Crippen molar-refractivity contribution in [2.45, 2.75) is 0 Å². The van der Waals surface area contributed by atoms with Gasteiger partial charge in [0.1, 0.15) is 0 Å². The SMILES string of the molecule is C(=C(c1ccccc1)N(c1ccccc1)c1ccccc1)c1ccccc1N(c1ccccc1)c1ccccc1. The van der Waals surface area contributed by atoms with Crippen LogP contribution in [0.4, 0.5) is 28.4 Å². The van der Waals surface area contributed by atoms with Crippen LogP contribution in [0.1, 0.15) is 11.1 Å². The summed E-state index contributed by atoms with van der Waals surface area (Å²) in [5.41, 5.74) is 8.87. The number of rotatable bonds is 8. The van der Waals surface area contributed by atoms with Crippen molar-refractivity contribution in [1.29, 1.82) is 0 Å². The topological polar surface area (TPSA) is 6.48 Å². The van der Waals surface area contributed by atoms with Gasteiger partial charge >= 0.3 is 0 Å². The molecule has 2 heteroatoms. The lowest BCUT2D eigenvalue weighted by atomic mass is 10.0. The predicted molar refractivity (Wildman–Crippen MR) is 170 cm³/mol. The highest BCUT2D eigenvalue weighted by atomic mass is 15.2. The molecule has 0 spiro atoms. The normalized spacial score (nSPS) is 11.2. The third-order valence-electron chi connectivity index (χ3n) is 6.84. The number of nitrogens with zero attached hydrogens (tertiary/aromatic N) is 2. The molecule has 2 nitrogen and oxygen atoms in total. The average Bonchev–Trinajstić information content (AvgIpc) is 3.04. The van der Waals surface area contributed by atoms with Gasteiger partial charge in [0.15, 0.2) is 0 Å². The van der Waals surface area contributed by atoms with Crippen LogP contribution in [0, 0.1) is 0 Å². The zero-order valence-electron chi connectivity index (χ0n) is 22.2. The zero-order valence-corrected chi connectivity index (χ0v) is 22.2. The summed E-state index contributed by atoms with van der Waals surface area (Å²) in [6.07, 6.45) is 2.31. The van der Waals surface area contributed by atoms with Gasteiger partial charge < -0.3 is 9.80 Å². The summed E-state index contributed by atoms with van der Waals surface area (Å²) in [6, 6.07) is 61.5. The second-order valence-electron chi connectivity index (χ2n) is 9.47. The van der Waals surface area contributed by atoms with Crippen LogP contribution in [0.2, 0.25) is 0 Å². The summed E-state index contributed by atoms with van der Waals surface area (Å²) in [7, 11) is 0. The van der Waals surface area contributed by atoms with E-state index in [2.05, 4.69) is 192 Å². The fourth-order valence-electron chi connectivity index (χ4n) is 5.01. The molecule has 6 aromatic carbocycles. The first-order valence-electron chi connectivity index (χ1n) is 13.5. The van der Waals surface area contributed by atoms with Crippen LogP contribution in [0.15, 0.2) is 176 Å². The van der Waals surface area contributed by atoms with E-state index < -0.39 is 0 Å². The Labute approximate surface area is 236 Å². The van der Waals surface area contributed by atoms with E-state index in [9.17, 15) is 0 Å². The van der Waals surface area contributed by atoms with Crippen LogP contribution in [-0.4, -0.2) is 0 Å². The molecule has 0 aliphatic heterocycles. The van der Waals surface area contributed by atoms with Gasteiger partial charge in [-0.05, 0) is 66.2 Å². The molecule has 0 aliphatic carbocycles. The largest absolute Gasteiger partial charge is 0.310 e. The molecule has 40 heavy (non-hydrogen) atoms. The van der Waals surface area contributed by atoms with Crippen LogP contribution < -0.4 is 9.80 Å². The maximum atomic E-state index is 2.33. The van der Waals surface area contributed by atoms with Gasteiger partial charge in [0, 0.05) is 28.3 Å². The van der Waals surface area contributed by atoms with Crippen LogP contribution in [0.25, 0.3) is 11.8 Å². The van der Waals surface area contributed by atoms with Crippen LogP contribution in [0.3, 0.4) is 0 Å². The summed E-state index contributed by atoms with van der Waals surface area (Å²) < 4.78 is 0. The van der Waals surface area contributed by atoms with Crippen molar-refractivity contribution in [2.75, 3.05) is 9.80 Å². The Morgan fingerprint density at radius 3 is 1.23 bits per heavy atom. The molecular weight excluding hydrogens is 484 g/mol. The van der Waals surface area contributed by atoms with Crippen molar-refractivity contribution in [3.05, 3.63) is 187 Å². The van der Waals surface area contributed by atoms with Gasteiger partial charge in [-0.3, -0.25) is 0 Å². The molecule has 0 aromatic heterocycles. The molecule has 0 N–H and O–H groups in total. The monoisotopic (exact) mass is 514 g/mol. The molecule has 6 aromatic rings. The van der Waals surface area contributed by atoms with Crippen molar-refractivity contribution in [2.24, 2.45) is 0 Å². The minimum atomic E-state index is 1.09. The Bertz CT molecular complexity index is 1580. The number of hydrogen-bond donors (Lipinski definition) is 0. The molecule has 0 radical (unpaired) electrons. The third-order valence-corrected chi connectivity index (χ3v) is 6.84. The molecule has 0 unspecified atom stereocenters. The third kappa shape index (κ3) is 5.43. The maximum Gasteiger partial charge on any atom is 0.0540 e. The Morgan fingerprint density at radius 2 is 0.750 bits per heavy atom. The van der Waals surface area contributed by atoms with E-state index in [-0.39, 0.29) is 0 Å². The van der Waals surface area contributed by atoms with Gasteiger partial charge in [0.25, 0.3) is 0 Å². The predicted octanol–water partition coefficient (Wildman–Crippen LogP) is 10.5. The number of hydrogen-bond acceptors (Lipinski definition) is 2. The molecular formula is C38H30N2. The molecule has 0 atom stereocenters. The minimum absolute atomic E-state index is 1.09. The van der Waals surface area contributed by atoms with Gasteiger partial charge in [-0.25, -0.2) is 0 Å². The Kier molecular flexibility index (Phi) is 7.50. The Hall–Kier alpha value is -5.34.